The molecule has 0 aromatic heterocycles. The Kier molecular flexibility index (Phi) is 3.14. The van der Waals surface area contributed by atoms with Crippen LogP contribution in [0.5, 0.6) is 0 Å². The molecule has 1 rings (SSSR count). The van der Waals surface area contributed by atoms with Crippen LogP contribution < -0.4 is 10.9 Å². The molecule has 1 aromatic carbocycles. The van der Waals surface area contributed by atoms with Gasteiger partial charge in [0, 0.05) is 11.9 Å². The zero-order valence-electron chi connectivity index (χ0n) is 6.92. The summed E-state index contributed by atoms with van der Waals surface area (Å²) in [7, 11) is 0. The predicted octanol–water partition coefficient (Wildman–Crippen LogP) is 2.22. The van der Waals surface area contributed by atoms with Crippen LogP contribution in [0.2, 0.25) is 10.0 Å². The maximum atomic E-state index is 10.9. The lowest BCUT2D eigenvalue weighted by Gasteiger charge is -2.15. The van der Waals surface area contributed by atoms with Gasteiger partial charge in [-0.25, -0.2) is 10.9 Å². The second-order valence-corrected chi connectivity index (χ2v) is 3.33. The molecular formula is C8H8Cl2N2O. The predicted molar refractivity (Wildman–Crippen MR) is 53.8 cm³/mol. The minimum atomic E-state index is -0.288. The standard InChI is InChI=1S/C8H8Cl2N2O/c1-5(13)12(11)8-3-2-6(9)4-7(8)10/h2-4H,11H2,1H3. The number of hydrogen-bond acceptors (Lipinski definition) is 2. The number of anilines is 1. The summed E-state index contributed by atoms with van der Waals surface area (Å²) >= 11 is 11.5. The monoisotopic (exact) mass is 218 g/mol. The summed E-state index contributed by atoms with van der Waals surface area (Å²) in [6, 6.07) is 4.74. The van der Waals surface area contributed by atoms with E-state index in [4.69, 9.17) is 29.0 Å². The number of carbonyl (C=O) groups excluding carboxylic acids is 1. The van der Waals surface area contributed by atoms with Crippen molar-refractivity contribution in [2.24, 2.45) is 5.84 Å². The van der Waals surface area contributed by atoms with E-state index in [1.165, 1.54) is 13.0 Å². The summed E-state index contributed by atoms with van der Waals surface area (Å²) < 4.78 is 0. The summed E-state index contributed by atoms with van der Waals surface area (Å²) in [5, 5.41) is 1.83. The normalized spacial score (nSPS) is 9.85. The Balaban J connectivity index is 3.08. The van der Waals surface area contributed by atoms with Gasteiger partial charge in [0.15, 0.2) is 0 Å². The van der Waals surface area contributed by atoms with Gasteiger partial charge in [-0.05, 0) is 18.2 Å². The van der Waals surface area contributed by atoms with Crippen LogP contribution >= 0.6 is 23.2 Å². The van der Waals surface area contributed by atoms with E-state index in [1.807, 2.05) is 0 Å². The highest BCUT2D eigenvalue weighted by atomic mass is 35.5. The zero-order valence-corrected chi connectivity index (χ0v) is 8.43. The van der Waals surface area contributed by atoms with E-state index in [2.05, 4.69) is 0 Å². The van der Waals surface area contributed by atoms with Gasteiger partial charge in [-0.15, -0.1) is 0 Å². The van der Waals surface area contributed by atoms with Gasteiger partial charge in [0.2, 0.25) is 5.91 Å². The molecule has 0 saturated heterocycles. The van der Waals surface area contributed by atoms with Gasteiger partial charge in [0.1, 0.15) is 0 Å². The molecule has 0 aliphatic heterocycles. The van der Waals surface area contributed by atoms with E-state index < -0.39 is 0 Å². The molecule has 0 atom stereocenters. The maximum absolute atomic E-state index is 10.9. The van der Waals surface area contributed by atoms with Gasteiger partial charge in [-0.2, -0.15) is 0 Å². The van der Waals surface area contributed by atoms with Crippen molar-refractivity contribution < 1.29 is 4.79 Å². The highest BCUT2D eigenvalue weighted by Gasteiger charge is 2.10. The van der Waals surface area contributed by atoms with Crippen molar-refractivity contribution in [1.29, 1.82) is 0 Å². The molecule has 0 radical (unpaired) electrons. The van der Waals surface area contributed by atoms with Crippen molar-refractivity contribution in [3.63, 3.8) is 0 Å². The van der Waals surface area contributed by atoms with E-state index in [-0.39, 0.29) is 5.91 Å². The molecule has 2 N–H and O–H groups in total. The van der Waals surface area contributed by atoms with Gasteiger partial charge in [0.05, 0.1) is 10.7 Å². The van der Waals surface area contributed by atoms with Crippen molar-refractivity contribution in [3.8, 4) is 0 Å². The number of halogens is 2. The van der Waals surface area contributed by atoms with Crippen LogP contribution in [0.15, 0.2) is 18.2 Å². The summed E-state index contributed by atoms with van der Waals surface area (Å²) in [5.41, 5.74) is 0.443. The number of rotatable bonds is 1. The van der Waals surface area contributed by atoms with Crippen molar-refractivity contribution in [2.75, 3.05) is 5.01 Å². The average molecular weight is 219 g/mol. The molecule has 0 spiro atoms. The molecule has 0 aliphatic rings. The Morgan fingerprint density at radius 2 is 2.08 bits per heavy atom. The fraction of sp³-hybridized carbons (Fsp3) is 0.125. The van der Waals surface area contributed by atoms with Gasteiger partial charge in [-0.1, -0.05) is 23.2 Å². The third kappa shape index (κ3) is 2.34. The largest absolute Gasteiger partial charge is 0.273 e. The molecule has 13 heavy (non-hydrogen) atoms. The lowest BCUT2D eigenvalue weighted by molar-refractivity contribution is -0.116. The molecule has 1 amide bonds. The second kappa shape index (κ2) is 3.96. The lowest BCUT2D eigenvalue weighted by Crippen LogP contribution is -2.35. The zero-order chi connectivity index (χ0) is 10.0. The van der Waals surface area contributed by atoms with E-state index in [0.29, 0.717) is 15.7 Å². The quantitative estimate of drug-likeness (QED) is 0.447. The molecule has 70 valence electrons. The smallest absolute Gasteiger partial charge is 0.238 e. The third-order valence-electron chi connectivity index (χ3n) is 1.51. The van der Waals surface area contributed by atoms with Crippen LogP contribution in [0.1, 0.15) is 6.92 Å². The minimum absolute atomic E-state index is 0.288. The fourth-order valence-corrected chi connectivity index (χ4v) is 1.35. The number of nitrogens with zero attached hydrogens (tertiary/aromatic N) is 1. The molecule has 0 bridgehead atoms. The Bertz CT molecular complexity index is 341. The van der Waals surface area contributed by atoms with Crippen LogP contribution in [0.4, 0.5) is 5.69 Å². The molecular weight excluding hydrogens is 211 g/mol. The Hall–Kier alpha value is -0.770. The SMILES string of the molecule is CC(=O)N(N)c1ccc(Cl)cc1Cl. The Labute approximate surface area is 86.0 Å². The molecule has 0 aliphatic carbocycles. The van der Waals surface area contributed by atoms with Crippen LogP contribution in [0.3, 0.4) is 0 Å². The highest BCUT2D eigenvalue weighted by Crippen LogP contribution is 2.27. The molecule has 1 aromatic rings. The van der Waals surface area contributed by atoms with Gasteiger partial charge < -0.3 is 0 Å². The van der Waals surface area contributed by atoms with Gasteiger partial charge in [0.25, 0.3) is 0 Å². The molecule has 0 fully saturated rings. The van der Waals surface area contributed by atoms with Crippen molar-refractivity contribution in [2.45, 2.75) is 6.92 Å². The third-order valence-corrected chi connectivity index (χ3v) is 2.05. The Morgan fingerprint density at radius 3 is 2.54 bits per heavy atom. The van der Waals surface area contributed by atoms with Gasteiger partial charge in [-0.3, -0.25) is 4.79 Å². The summed E-state index contributed by atoms with van der Waals surface area (Å²) in [4.78, 5) is 10.9. The lowest BCUT2D eigenvalue weighted by atomic mass is 10.3. The first kappa shape index (κ1) is 10.3. The number of hydrazine groups is 1. The minimum Gasteiger partial charge on any atom is -0.273 e. The number of hydrogen-bond donors (Lipinski definition) is 1. The van der Waals surface area contributed by atoms with Crippen molar-refractivity contribution >= 4 is 34.8 Å². The summed E-state index contributed by atoms with van der Waals surface area (Å²) in [6.45, 7) is 1.35. The van der Waals surface area contributed by atoms with E-state index in [1.54, 1.807) is 12.1 Å². The number of amides is 1. The van der Waals surface area contributed by atoms with Crippen LogP contribution in [0, 0.1) is 0 Å². The topological polar surface area (TPSA) is 46.3 Å². The molecule has 3 nitrogen and oxygen atoms in total. The number of benzene rings is 1. The fourth-order valence-electron chi connectivity index (χ4n) is 0.846. The molecule has 0 unspecified atom stereocenters. The van der Waals surface area contributed by atoms with Crippen molar-refractivity contribution in [1.82, 2.24) is 0 Å². The first-order valence-corrected chi connectivity index (χ1v) is 4.28. The first-order valence-electron chi connectivity index (χ1n) is 3.53. The summed E-state index contributed by atoms with van der Waals surface area (Å²) in [6.07, 6.45) is 0. The average Bonchev–Trinajstić information content (AvgIpc) is 2.03. The summed E-state index contributed by atoms with van der Waals surface area (Å²) in [5.74, 6) is 5.16. The van der Waals surface area contributed by atoms with Crippen molar-refractivity contribution in [3.05, 3.63) is 28.2 Å². The number of nitrogens with two attached hydrogens (primary N) is 1. The van der Waals surface area contributed by atoms with E-state index in [0.717, 1.165) is 5.01 Å². The van der Waals surface area contributed by atoms with E-state index >= 15 is 0 Å². The molecule has 0 saturated carbocycles. The Morgan fingerprint density at radius 1 is 1.46 bits per heavy atom. The second-order valence-electron chi connectivity index (χ2n) is 2.48. The highest BCUT2D eigenvalue weighted by molar-refractivity contribution is 6.36. The van der Waals surface area contributed by atoms with E-state index in [9.17, 15) is 4.79 Å². The van der Waals surface area contributed by atoms with Crippen LogP contribution in [0.25, 0.3) is 0 Å². The maximum Gasteiger partial charge on any atom is 0.238 e. The molecule has 0 heterocycles. The van der Waals surface area contributed by atoms with Gasteiger partial charge >= 0.3 is 0 Å². The van der Waals surface area contributed by atoms with Crippen LogP contribution in [-0.2, 0) is 4.79 Å². The van der Waals surface area contributed by atoms with Crippen LogP contribution in [-0.4, -0.2) is 5.91 Å². The first-order chi connectivity index (χ1) is 6.02. The number of carbonyl (C=O) groups is 1. The molecule has 5 heteroatoms.